The van der Waals surface area contributed by atoms with Crippen LogP contribution in [0.5, 0.6) is 0 Å². The lowest BCUT2D eigenvalue weighted by Gasteiger charge is -2.14. The highest BCUT2D eigenvalue weighted by atomic mass is 16.5. The van der Waals surface area contributed by atoms with E-state index in [1.165, 1.54) is 0 Å². The molecule has 0 atom stereocenters. The highest BCUT2D eigenvalue weighted by molar-refractivity contribution is 6.17. The number of hydrogen-bond acceptors (Lipinski definition) is 4. The van der Waals surface area contributed by atoms with Crippen LogP contribution in [-0.4, -0.2) is 18.3 Å². The third kappa shape index (κ3) is 3.06. The molecule has 0 amide bonds. The normalized spacial score (nSPS) is 15.3. The average Bonchev–Trinajstić information content (AvgIpc) is 2.85. The zero-order valence-corrected chi connectivity index (χ0v) is 14.7. The van der Waals surface area contributed by atoms with E-state index in [0.717, 1.165) is 46.8 Å². The molecule has 0 saturated carbocycles. The molecule has 0 unspecified atom stereocenters. The van der Waals surface area contributed by atoms with Gasteiger partial charge in [0.2, 0.25) is 0 Å². The first-order chi connectivity index (χ1) is 12.8. The van der Waals surface area contributed by atoms with E-state index in [0.29, 0.717) is 12.2 Å². The Morgan fingerprint density at radius 1 is 1.15 bits per heavy atom. The molecule has 26 heavy (non-hydrogen) atoms. The molecule has 2 aromatic carbocycles. The molecule has 0 aromatic heterocycles. The van der Waals surface area contributed by atoms with Gasteiger partial charge in [0.05, 0.1) is 23.6 Å². The summed E-state index contributed by atoms with van der Waals surface area (Å²) in [6.45, 7) is 2.18. The first kappa shape index (κ1) is 16.3. The van der Waals surface area contributed by atoms with Crippen LogP contribution < -0.4 is 5.32 Å². The van der Waals surface area contributed by atoms with Crippen molar-refractivity contribution in [3.63, 3.8) is 0 Å². The Hall–Kier alpha value is -3.14. The van der Waals surface area contributed by atoms with Gasteiger partial charge in [-0.05, 0) is 44.0 Å². The van der Waals surface area contributed by atoms with Crippen molar-refractivity contribution in [3.8, 4) is 0 Å². The molecule has 130 valence electrons. The first-order valence-electron chi connectivity index (χ1n) is 8.88. The first-order valence-corrected chi connectivity index (χ1v) is 8.88. The van der Waals surface area contributed by atoms with E-state index in [2.05, 4.69) is 29.6 Å². The molecule has 0 bridgehead atoms. The van der Waals surface area contributed by atoms with Crippen LogP contribution in [0.1, 0.15) is 41.3 Å². The van der Waals surface area contributed by atoms with E-state index in [4.69, 9.17) is 9.73 Å². The summed E-state index contributed by atoms with van der Waals surface area (Å²) in [6.07, 6.45) is 6.21. The summed E-state index contributed by atoms with van der Waals surface area (Å²) in [5, 5.41) is 3.55. The minimum Gasteiger partial charge on any atom is -0.462 e. The number of carbonyl (C=O) groups is 1. The minimum atomic E-state index is -0.302. The Morgan fingerprint density at radius 3 is 2.77 bits per heavy atom. The molecule has 4 heteroatoms. The summed E-state index contributed by atoms with van der Waals surface area (Å²) in [7, 11) is 0. The van der Waals surface area contributed by atoms with E-state index in [1.54, 1.807) is 19.1 Å². The molecule has 2 aromatic rings. The molecule has 4 nitrogen and oxygen atoms in total. The lowest BCUT2D eigenvalue weighted by atomic mass is 9.99. The van der Waals surface area contributed by atoms with Gasteiger partial charge < -0.3 is 10.1 Å². The van der Waals surface area contributed by atoms with Gasteiger partial charge in [0.1, 0.15) is 0 Å². The van der Waals surface area contributed by atoms with E-state index >= 15 is 0 Å². The molecular weight excluding hydrogens is 324 g/mol. The quantitative estimate of drug-likeness (QED) is 0.822. The van der Waals surface area contributed by atoms with E-state index in [9.17, 15) is 4.79 Å². The zero-order chi connectivity index (χ0) is 17.9. The molecule has 0 radical (unpaired) electrons. The van der Waals surface area contributed by atoms with Crippen molar-refractivity contribution in [2.24, 2.45) is 4.99 Å². The number of nitrogens with one attached hydrogen (secondary N) is 1. The van der Waals surface area contributed by atoms with Gasteiger partial charge in [-0.3, -0.25) is 0 Å². The van der Waals surface area contributed by atoms with Crippen LogP contribution >= 0.6 is 0 Å². The maximum absolute atomic E-state index is 11.9. The average molecular weight is 344 g/mol. The molecular formula is C22H20N2O2. The van der Waals surface area contributed by atoms with Gasteiger partial charge in [-0.2, -0.15) is 0 Å². The molecule has 0 spiro atoms. The highest BCUT2D eigenvalue weighted by Gasteiger charge is 2.19. The van der Waals surface area contributed by atoms with Crippen LogP contribution in [-0.2, 0) is 4.74 Å². The number of fused-ring (bicyclic) bond motifs is 1. The zero-order valence-electron chi connectivity index (χ0n) is 14.7. The maximum atomic E-state index is 11.9. The lowest BCUT2D eigenvalue weighted by Crippen LogP contribution is -2.08. The Bertz CT molecular complexity index is 937. The van der Waals surface area contributed by atoms with Crippen LogP contribution in [0.2, 0.25) is 0 Å². The van der Waals surface area contributed by atoms with Crippen molar-refractivity contribution in [1.82, 2.24) is 0 Å². The highest BCUT2D eigenvalue weighted by Crippen LogP contribution is 2.31. The summed E-state index contributed by atoms with van der Waals surface area (Å²) in [5.41, 5.74) is 6.66. The molecule has 4 rings (SSSR count). The maximum Gasteiger partial charge on any atom is 0.338 e. The van der Waals surface area contributed by atoms with Gasteiger partial charge in [-0.25, -0.2) is 9.79 Å². The molecule has 2 aliphatic rings. The number of ether oxygens (including phenoxy) is 1. The monoisotopic (exact) mass is 344 g/mol. The topological polar surface area (TPSA) is 50.7 Å². The summed E-state index contributed by atoms with van der Waals surface area (Å²) in [5.74, 6) is -0.302. The van der Waals surface area contributed by atoms with Crippen molar-refractivity contribution < 1.29 is 9.53 Å². The number of hydrogen-bond donors (Lipinski definition) is 1. The smallest absolute Gasteiger partial charge is 0.338 e. The number of carbonyl (C=O) groups excluding carboxylic acids is 1. The Morgan fingerprint density at radius 2 is 1.96 bits per heavy atom. The van der Waals surface area contributed by atoms with Gasteiger partial charge in [0, 0.05) is 22.5 Å². The van der Waals surface area contributed by atoms with Crippen LogP contribution in [0.3, 0.4) is 0 Å². The lowest BCUT2D eigenvalue weighted by molar-refractivity contribution is 0.0526. The fraction of sp³-hybridized carbons (Fsp3) is 0.182. The molecule has 0 fully saturated rings. The van der Waals surface area contributed by atoms with Gasteiger partial charge in [-0.1, -0.05) is 36.4 Å². The number of esters is 1. The van der Waals surface area contributed by atoms with Gasteiger partial charge in [-0.15, -0.1) is 0 Å². The SMILES string of the molecule is CCOC(=O)c1ccc(C2=NC3=C(CCC=C3)Nc3ccccc32)cc1. The number of benzene rings is 2. The van der Waals surface area contributed by atoms with E-state index in [-0.39, 0.29) is 5.97 Å². The van der Waals surface area contributed by atoms with Gasteiger partial charge in [0.25, 0.3) is 0 Å². The second-order valence-electron chi connectivity index (χ2n) is 6.23. The Balaban J connectivity index is 1.78. The predicted octanol–water partition coefficient (Wildman–Crippen LogP) is 4.69. The number of nitrogens with zero attached hydrogens (tertiary/aromatic N) is 1. The molecule has 1 aliphatic heterocycles. The predicted molar refractivity (Wildman–Crippen MR) is 104 cm³/mol. The fourth-order valence-corrected chi connectivity index (χ4v) is 3.22. The Kier molecular flexibility index (Phi) is 4.40. The summed E-state index contributed by atoms with van der Waals surface area (Å²) >= 11 is 0. The van der Waals surface area contributed by atoms with Crippen LogP contribution in [0.25, 0.3) is 0 Å². The van der Waals surface area contributed by atoms with Crippen molar-refractivity contribution in [2.75, 3.05) is 11.9 Å². The van der Waals surface area contributed by atoms with Crippen molar-refractivity contribution in [3.05, 3.63) is 88.8 Å². The second-order valence-corrected chi connectivity index (χ2v) is 6.23. The molecule has 1 N–H and O–H groups in total. The second kappa shape index (κ2) is 7.00. The van der Waals surface area contributed by atoms with Crippen molar-refractivity contribution in [1.29, 1.82) is 0 Å². The summed E-state index contributed by atoms with van der Waals surface area (Å²) in [6, 6.07) is 15.6. The fourth-order valence-electron chi connectivity index (χ4n) is 3.22. The number of anilines is 1. The summed E-state index contributed by atoms with van der Waals surface area (Å²) in [4.78, 5) is 16.8. The van der Waals surface area contributed by atoms with Crippen molar-refractivity contribution >= 4 is 17.4 Å². The van der Waals surface area contributed by atoms with E-state index < -0.39 is 0 Å². The standard InChI is InChI=1S/C22H20N2O2/c1-2-26-22(25)16-13-11-15(12-14-16)21-17-7-3-4-8-18(17)23-19-9-5-6-10-20(19)24-21/h3-4,6-8,10-14,23H,2,5,9H2,1H3. The van der Waals surface area contributed by atoms with E-state index in [1.807, 2.05) is 24.3 Å². The molecule has 1 aliphatic carbocycles. The van der Waals surface area contributed by atoms with Gasteiger partial charge in [0.15, 0.2) is 0 Å². The number of para-hydroxylation sites is 1. The molecule has 0 saturated heterocycles. The largest absolute Gasteiger partial charge is 0.462 e. The number of aliphatic imine (C=N–C) groups is 1. The van der Waals surface area contributed by atoms with Crippen LogP contribution in [0.4, 0.5) is 5.69 Å². The third-order valence-electron chi connectivity index (χ3n) is 4.52. The van der Waals surface area contributed by atoms with Crippen molar-refractivity contribution in [2.45, 2.75) is 19.8 Å². The number of rotatable bonds is 3. The minimum absolute atomic E-state index is 0.302. The third-order valence-corrected chi connectivity index (χ3v) is 4.52. The Labute approximate surface area is 152 Å². The summed E-state index contributed by atoms with van der Waals surface area (Å²) < 4.78 is 5.06. The number of allylic oxidation sites excluding steroid dienone is 3. The van der Waals surface area contributed by atoms with Crippen LogP contribution in [0, 0.1) is 0 Å². The molecule has 1 heterocycles. The van der Waals surface area contributed by atoms with Crippen LogP contribution in [0.15, 0.2) is 77.1 Å². The van der Waals surface area contributed by atoms with Gasteiger partial charge >= 0.3 is 5.97 Å².